The molecule has 4 bridgehead atoms. The van der Waals surface area contributed by atoms with Crippen LogP contribution in [0.5, 0.6) is 0 Å². The molecule has 0 radical (unpaired) electrons. The van der Waals surface area contributed by atoms with Gasteiger partial charge in [0, 0.05) is 0 Å². The second kappa shape index (κ2) is 4.92. The molecule has 0 N–H and O–H groups in total. The summed E-state index contributed by atoms with van der Waals surface area (Å²) >= 11 is 17.9. The normalized spacial score (nSPS) is 42.2. The van der Waals surface area contributed by atoms with Gasteiger partial charge in [0.25, 0.3) is 0 Å². The van der Waals surface area contributed by atoms with Crippen molar-refractivity contribution in [3.63, 3.8) is 0 Å². The van der Waals surface area contributed by atoms with Gasteiger partial charge < -0.3 is 4.74 Å². The number of hydrogen-bond donors (Lipinski definition) is 0. The smallest absolute Gasteiger partial charge is 0.316 e. The molecule has 4 saturated carbocycles. The van der Waals surface area contributed by atoms with Gasteiger partial charge in [-0.15, -0.1) is 0 Å². The third kappa shape index (κ3) is 2.50. The van der Waals surface area contributed by atoms with Crippen LogP contribution >= 0.6 is 34.8 Å². The van der Waals surface area contributed by atoms with Gasteiger partial charge in [0.2, 0.25) is 3.79 Å². The number of rotatable bonds is 2. The van der Waals surface area contributed by atoms with Crippen LogP contribution < -0.4 is 0 Å². The van der Waals surface area contributed by atoms with E-state index >= 15 is 0 Å². The molecule has 120 valence electrons. The Labute approximate surface area is 141 Å². The molecule has 0 amide bonds. The molecule has 4 aliphatic carbocycles. The van der Waals surface area contributed by atoms with E-state index in [4.69, 9.17) is 39.5 Å². The topological polar surface area (TPSA) is 26.3 Å². The lowest BCUT2D eigenvalue weighted by molar-refractivity contribution is -0.211. The Kier molecular flexibility index (Phi) is 3.79. The summed E-state index contributed by atoms with van der Waals surface area (Å²) in [6.45, 7) is 5.38. The highest BCUT2D eigenvalue weighted by Crippen LogP contribution is 2.60. The lowest BCUT2D eigenvalue weighted by Crippen LogP contribution is -2.59. The first-order valence-corrected chi connectivity index (χ1v) is 8.97. The molecule has 4 fully saturated rings. The molecule has 4 rings (SSSR count). The first-order valence-electron chi connectivity index (χ1n) is 7.84. The zero-order valence-corrected chi connectivity index (χ0v) is 15.1. The maximum absolute atomic E-state index is 12.6. The second-order valence-electron chi connectivity index (χ2n) is 8.00. The number of hydrogen-bond acceptors (Lipinski definition) is 2. The van der Waals surface area contributed by atoms with Crippen LogP contribution in [0.25, 0.3) is 0 Å². The highest BCUT2D eigenvalue weighted by atomic mass is 35.6. The fourth-order valence-corrected chi connectivity index (χ4v) is 4.96. The van der Waals surface area contributed by atoms with Crippen LogP contribution in [-0.4, -0.2) is 15.4 Å². The van der Waals surface area contributed by atoms with E-state index in [0.29, 0.717) is 11.8 Å². The van der Waals surface area contributed by atoms with Gasteiger partial charge in [0.15, 0.2) is 0 Å². The average Bonchev–Trinajstić information content (AvgIpc) is 2.33. The molecule has 0 spiro atoms. The summed E-state index contributed by atoms with van der Waals surface area (Å²) in [5, 5.41) is 0. The molecule has 0 saturated heterocycles. The van der Waals surface area contributed by atoms with Crippen molar-refractivity contribution >= 4 is 40.8 Å². The molecule has 0 aromatic carbocycles. The predicted molar refractivity (Wildman–Crippen MR) is 85.6 cm³/mol. The molecule has 0 aromatic rings. The lowest BCUT2D eigenvalue weighted by Gasteiger charge is -2.59. The monoisotopic (exact) mass is 352 g/mol. The van der Waals surface area contributed by atoms with Crippen LogP contribution in [0.4, 0.5) is 0 Å². The van der Waals surface area contributed by atoms with Crippen molar-refractivity contribution in [1.82, 2.24) is 0 Å². The van der Waals surface area contributed by atoms with E-state index in [9.17, 15) is 4.79 Å². The Bertz CT molecular complexity index is 425. The highest BCUT2D eigenvalue weighted by molar-refractivity contribution is 6.68. The van der Waals surface area contributed by atoms with Gasteiger partial charge in [0.05, 0.1) is 0 Å². The number of ether oxygens (including phenoxy) is 1. The molecular formula is C16H23Cl3O2. The standard InChI is InChI=1S/C16H23Cl3O2/c1-14(2,16(17,18)19)13(20)21-15(3)11-5-9-4-10(7-11)8-12(15)6-9/h9-12H,4-8H2,1-3H3. The van der Waals surface area contributed by atoms with Gasteiger partial charge in [0.1, 0.15) is 11.0 Å². The molecule has 0 aromatic heterocycles. The second-order valence-corrected chi connectivity index (χ2v) is 10.3. The van der Waals surface area contributed by atoms with Crippen molar-refractivity contribution in [3.05, 3.63) is 0 Å². The van der Waals surface area contributed by atoms with Crippen molar-refractivity contribution in [2.75, 3.05) is 0 Å². The minimum absolute atomic E-state index is 0.377. The Morgan fingerprint density at radius 2 is 1.43 bits per heavy atom. The van der Waals surface area contributed by atoms with Gasteiger partial charge in [-0.1, -0.05) is 34.8 Å². The van der Waals surface area contributed by atoms with Crippen LogP contribution in [0.1, 0.15) is 52.9 Å². The molecule has 5 heteroatoms. The summed E-state index contributed by atoms with van der Waals surface area (Å²) in [6.07, 6.45) is 6.11. The fourth-order valence-electron chi connectivity index (χ4n) is 4.73. The highest BCUT2D eigenvalue weighted by Gasteiger charge is 2.59. The summed E-state index contributed by atoms with van der Waals surface area (Å²) < 4.78 is 4.35. The molecule has 0 aliphatic heterocycles. The maximum atomic E-state index is 12.6. The van der Waals surface area contributed by atoms with E-state index in [1.807, 2.05) is 0 Å². The van der Waals surface area contributed by atoms with Gasteiger partial charge >= 0.3 is 5.97 Å². The van der Waals surface area contributed by atoms with Crippen LogP contribution in [0, 0.1) is 29.1 Å². The first-order chi connectivity index (χ1) is 9.54. The predicted octanol–water partition coefficient (Wildman–Crippen LogP) is 5.14. The SMILES string of the molecule is CC1(OC(=O)C(C)(C)C(Cl)(Cl)Cl)C2CC3CC(C2)CC1C3. The molecule has 21 heavy (non-hydrogen) atoms. The number of halogens is 3. The average molecular weight is 354 g/mol. The molecule has 4 aliphatic rings. The van der Waals surface area contributed by atoms with E-state index in [1.54, 1.807) is 13.8 Å². The molecule has 0 unspecified atom stereocenters. The van der Waals surface area contributed by atoms with E-state index < -0.39 is 15.2 Å². The minimum atomic E-state index is -1.66. The molecule has 2 nitrogen and oxygen atoms in total. The Morgan fingerprint density at radius 3 is 1.81 bits per heavy atom. The van der Waals surface area contributed by atoms with E-state index in [-0.39, 0.29) is 5.60 Å². The van der Waals surface area contributed by atoms with Crippen molar-refractivity contribution in [3.8, 4) is 0 Å². The molecule has 0 atom stereocenters. The first kappa shape index (κ1) is 16.2. The van der Waals surface area contributed by atoms with Crippen molar-refractivity contribution < 1.29 is 9.53 Å². The zero-order chi connectivity index (χ0) is 15.6. The van der Waals surface area contributed by atoms with E-state index in [2.05, 4.69) is 6.92 Å². The van der Waals surface area contributed by atoms with Gasteiger partial charge in [-0.2, -0.15) is 0 Å². The third-order valence-electron chi connectivity index (χ3n) is 6.29. The van der Waals surface area contributed by atoms with E-state index in [1.165, 1.54) is 32.1 Å². The van der Waals surface area contributed by atoms with Crippen molar-refractivity contribution in [1.29, 1.82) is 0 Å². The maximum Gasteiger partial charge on any atom is 0.316 e. The fraction of sp³-hybridized carbons (Fsp3) is 0.938. The van der Waals surface area contributed by atoms with E-state index in [0.717, 1.165) is 11.8 Å². The van der Waals surface area contributed by atoms with Gasteiger partial charge in [-0.25, -0.2) is 0 Å². The Balaban J connectivity index is 1.80. The summed E-state index contributed by atoms with van der Waals surface area (Å²) in [5.41, 5.74) is -1.52. The number of esters is 1. The number of carbonyl (C=O) groups is 1. The largest absolute Gasteiger partial charge is 0.458 e. The molecule has 0 heterocycles. The zero-order valence-electron chi connectivity index (χ0n) is 12.8. The summed E-state index contributed by atoms with van der Waals surface area (Å²) in [7, 11) is 0. The quantitative estimate of drug-likeness (QED) is 0.507. The van der Waals surface area contributed by atoms with Gasteiger partial charge in [-0.3, -0.25) is 4.79 Å². The number of carbonyl (C=O) groups excluding carboxylic acids is 1. The Morgan fingerprint density at radius 1 is 1.00 bits per heavy atom. The Hall–Kier alpha value is 0.340. The number of alkyl halides is 3. The summed E-state index contributed by atoms with van der Waals surface area (Å²) in [4.78, 5) is 12.6. The van der Waals surface area contributed by atoms with Crippen LogP contribution in [0.3, 0.4) is 0 Å². The third-order valence-corrected chi connectivity index (χ3v) is 7.71. The summed E-state index contributed by atoms with van der Waals surface area (Å²) in [6, 6.07) is 0. The lowest BCUT2D eigenvalue weighted by atomic mass is 9.50. The van der Waals surface area contributed by atoms with Crippen LogP contribution in [0.2, 0.25) is 0 Å². The van der Waals surface area contributed by atoms with Crippen molar-refractivity contribution in [2.24, 2.45) is 29.1 Å². The minimum Gasteiger partial charge on any atom is -0.458 e. The van der Waals surface area contributed by atoms with Crippen LogP contribution in [-0.2, 0) is 9.53 Å². The van der Waals surface area contributed by atoms with Gasteiger partial charge in [-0.05, 0) is 76.5 Å². The van der Waals surface area contributed by atoms with Crippen LogP contribution in [0.15, 0.2) is 0 Å². The molecular weight excluding hydrogens is 331 g/mol. The van der Waals surface area contributed by atoms with Crippen molar-refractivity contribution in [2.45, 2.75) is 62.3 Å². The summed E-state index contributed by atoms with van der Waals surface area (Å²) in [5.74, 6) is 2.23.